The summed E-state index contributed by atoms with van der Waals surface area (Å²) >= 11 is 0. The van der Waals surface area contributed by atoms with Crippen LogP contribution in [0, 0.1) is 0 Å². The molecule has 1 atom stereocenters. The van der Waals surface area contributed by atoms with Gasteiger partial charge in [0.1, 0.15) is 6.04 Å². The number of benzene rings is 3. The Morgan fingerprint density at radius 2 is 1.33 bits per heavy atom. The van der Waals surface area contributed by atoms with Gasteiger partial charge < -0.3 is 10.1 Å². The molecule has 0 aliphatic carbocycles. The molecule has 0 saturated heterocycles. The number of hydrogen-bond acceptors (Lipinski definition) is 3. The summed E-state index contributed by atoms with van der Waals surface area (Å²) in [5, 5.41) is 13.6. The molecule has 0 radical (unpaired) electrons. The Bertz CT molecular complexity index is 969. The lowest BCUT2D eigenvalue weighted by Crippen LogP contribution is -2.53. The molecule has 1 aromatic heterocycles. The predicted octanol–water partition coefficient (Wildman–Crippen LogP) is 3.99. The zero-order chi connectivity index (χ0) is 20.8. The van der Waals surface area contributed by atoms with Crippen LogP contribution in [0.2, 0.25) is 0 Å². The molecule has 1 unspecified atom stereocenters. The maximum absolute atomic E-state index is 12.3. The Labute approximate surface area is 175 Å². The molecule has 0 saturated carbocycles. The first kappa shape index (κ1) is 19.6. The van der Waals surface area contributed by atoms with Crippen molar-refractivity contribution in [3.05, 3.63) is 126 Å². The maximum Gasteiger partial charge on any atom is 0.321 e. The smallest absolute Gasteiger partial charge is 0.321 e. The maximum atomic E-state index is 12.3. The van der Waals surface area contributed by atoms with Crippen molar-refractivity contribution in [3.8, 4) is 0 Å². The summed E-state index contributed by atoms with van der Waals surface area (Å²) in [6.07, 6.45) is 3.50. The van der Waals surface area contributed by atoms with Gasteiger partial charge in [-0.1, -0.05) is 91.0 Å². The van der Waals surface area contributed by atoms with E-state index in [1.165, 1.54) is 0 Å². The lowest BCUT2D eigenvalue weighted by atomic mass is 9.76. The number of aromatic amines is 1. The van der Waals surface area contributed by atoms with Crippen molar-refractivity contribution in [2.45, 2.75) is 18.0 Å². The van der Waals surface area contributed by atoms with Crippen LogP contribution in [-0.4, -0.2) is 27.1 Å². The van der Waals surface area contributed by atoms with E-state index in [4.69, 9.17) is 0 Å². The third kappa shape index (κ3) is 3.88. The quantitative estimate of drug-likeness (QED) is 0.393. The average molecular weight is 397 g/mol. The van der Waals surface area contributed by atoms with Gasteiger partial charge in [0.15, 0.2) is 0 Å². The highest BCUT2D eigenvalue weighted by atomic mass is 16.4. The highest BCUT2D eigenvalue weighted by Crippen LogP contribution is 2.37. The van der Waals surface area contributed by atoms with Crippen LogP contribution < -0.4 is 5.32 Å². The molecule has 0 bridgehead atoms. The van der Waals surface area contributed by atoms with E-state index in [9.17, 15) is 9.90 Å². The molecule has 0 fully saturated rings. The molecule has 150 valence electrons. The second-order valence-electron chi connectivity index (χ2n) is 7.16. The minimum absolute atomic E-state index is 0.281. The van der Waals surface area contributed by atoms with Crippen LogP contribution in [0.5, 0.6) is 0 Å². The van der Waals surface area contributed by atoms with E-state index in [-0.39, 0.29) is 6.42 Å². The first-order valence-electron chi connectivity index (χ1n) is 9.84. The summed E-state index contributed by atoms with van der Waals surface area (Å²) < 4.78 is 0. The zero-order valence-corrected chi connectivity index (χ0v) is 16.4. The van der Waals surface area contributed by atoms with Crippen molar-refractivity contribution in [2.24, 2.45) is 0 Å². The molecular formula is C25H23N3O2. The molecule has 3 N–H and O–H groups in total. The number of nitrogens with one attached hydrogen (secondary N) is 2. The van der Waals surface area contributed by atoms with Crippen LogP contribution >= 0.6 is 0 Å². The van der Waals surface area contributed by atoms with E-state index in [2.05, 4.69) is 15.3 Å². The summed E-state index contributed by atoms with van der Waals surface area (Å²) in [6.45, 7) is 0. The number of H-pyrrole nitrogens is 1. The van der Waals surface area contributed by atoms with Crippen LogP contribution in [0.15, 0.2) is 104 Å². The molecule has 0 spiro atoms. The van der Waals surface area contributed by atoms with E-state index in [1.807, 2.05) is 91.0 Å². The third-order valence-electron chi connectivity index (χ3n) is 5.29. The van der Waals surface area contributed by atoms with Gasteiger partial charge in [-0.2, -0.15) is 0 Å². The van der Waals surface area contributed by atoms with Crippen molar-refractivity contribution in [1.82, 2.24) is 15.3 Å². The van der Waals surface area contributed by atoms with E-state index < -0.39 is 17.6 Å². The molecule has 0 aliphatic heterocycles. The van der Waals surface area contributed by atoms with Gasteiger partial charge in [-0.25, -0.2) is 4.98 Å². The minimum atomic E-state index is -0.920. The monoisotopic (exact) mass is 397 g/mol. The van der Waals surface area contributed by atoms with Gasteiger partial charge in [0.25, 0.3) is 0 Å². The Balaban J connectivity index is 1.91. The van der Waals surface area contributed by atoms with E-state index in [0.717, 1.165) is 22.4 Å². The largest absolute Gasteiger partial charge is 0.480 e. The Hall–Kier alpha value is -3.70. The Morgan fingerprint density at radius 3 is 1.70 bits per heavy atom. The van der Waals surface area contributed by atoms with Gasteiger partial charge in [0, 0.05) is 18.3 Å². The molecule has 5 nitrogen and oxygen atoms in total. The molecule has 0 aliphatic rings. The number of carbonyl (C=O) groups is 1. The van der Waals surface area contributed by atoms with Crippen LogP contribution in [-0.2, 0) is 16.8 Å². The average Bonchev–Trinajstić information content (AvgIpc) is 3.31. The van der Waals surface area contributed by atoms with Crippen molar-refractivity contribution in [1.29, 1.82) is 0 Å². The zero-order valence-electron chi connectivity index (χ0n) is 16.4. The molecule has 30 heavy (non-hydrogen) atoms. The van der Waals surface area contributed by atoms with E-state index in [1.54, 1.807) is 12.5 Å². The fourth-order valence-corrected chi connectivity index (χ4v) is 3.89. The molecule has 4 rings (SSSR count). The number of hydrogen-bond donors (Lipinski definition) is 3. The van der Waals surface area contributed by atoms with Gasteiger partial charge in [-0.05, 0) is 16.7 Å². The number of carboxylic acid groups (broad SMARTS) is 1. The fourth-order valence-electron chi connectivity index (χ4n) is 3.89. The normalized spacial score (nSPS) is 12.4. The van der Waals surface area contributed by atoms with Gasteiger partial charge in [-0.15, -0.1) is 0 Å². The van der Waals surface area contributed by atoms with E-state index in [0.29, 0.717) is 0 Å². The summed E-state index contributed by atoms with van der Waals surface area (Å²) in [7, 11) is 0. The first-order chi connectivity index (χ1) is 14.7. The van der Waals surface area contributed by atoms with Crippen LogP contribution in [0.3, 0.4) is 0 Å². The summed E-state index contributed by atoms with van der Waals surface area (Å²) in [4.78, 5) is 19.3. The van der Waals surface area contributed by atoms with E-state index >= 15 is 0 Å². The van der Waals surface area contributed by atoms with Crippen molar-refractivity contribution < 1.29 is 9.90 Å². The highest BCUT2D eigenvalue weighted by molar-refractivity contribution is 5.74. The van der Waals surface area contributed by atoms with Crippen molar-refractivity contribution >= 4 is 5.97 Å². The molecule has 1 heterocycles. The summed E-state index contributed by atoms with van der Waals surface area (Å²) in [5.74, 6) is -0.920. The Kier molecular flexibility index (Phi) is 5.72. The number of carboxylic acids is 1. The molecule has 0 amide bonds. The van der Waals surface area contributed by atoms with Gasteiger partial charge in [0.05, 0.1) is 11.9 Å². The van der Waals surface area contributed by atoms with Crippen LogP contribution in [0.4, 0.5) is 0 Å². The highest BCUT2D eigenvalue weighted by Gasteiger charge is 2.39. The third-order valence-corrected chi connectivity index (χ3v) is 5.29. The number of imidazole rings is 1. The molecule has 3 aromatic carbocycles. The standard InChI is InChI=1S/C25H23N3O2/c29-24(30)23(16-22-17-26-18-27-22)28-25(19-10-4-1-5-11-19,20-12-6-2-7-13-20)21-14-8-3-9-15-21/h1-15,17-18,23,28H,16H2,(H,26,27)(H,29,30). The van der Waals surface area contributed by atoms with Crippen LogP contribution in [0.25, 0.3) is 0 Å². The second-order valence-corrected chi connectivity index (χ2v) is 7.16. The molecular weight excluding hydrogens is 374 g/mol. The number of aromatic nitrogens is 2. The fraction of sp³-hybridized carbons (Fsp3) is 0.120. The predicted molar refractivity (Wildman–Crippen MR) is 116 cm³/mol. The van der Waals surface area contributed by atoms with Crippen LogP contribution in [0.1, 0.15) is 22.4 Å². The van der Waals surface area contributed by atoms with Gasteiger partial charge >= 0.3 is 5.97 Å². The molecule has 5 heteroatoms. The van der Waals surface area contributed by atoms with Crippen molar-refractivity contribution in [2.75, 3.05) is 0 Å². The number of nitrogens with zero attached hydrogens (tertiary/aromatic N) is 1. The SMILES string of the molecule is O=C(O)C(Cc1cnc[nH]1)NC(c1ccccc1)(c1ccccc1)c1ccccc1. The lowest BCUT2D eigenvalue weighted by Gasteiger charge is -2.39. The van der Waals surface area contributed by atoms with Gasteiger partial charge in [-0.3, -0.25) is 10.1 Å². The summed E-state index contributed by atoms with van der Waals surface area (Å²) in [5.41, 5.74) is 2.83. The number of aliphatic carboxylic acids is 1. The lowest BCUT2D eigenvalue weighted by molar-refractivity contribution is -0.139. The van der Waals surface area contributed by atoms with Crippen molar-refractivity contribution in [3.63, 3.8) is 0 Å². The first-order valence-corrected chi connectivity index (χ1v) is 9.84. The van der Waals surface area contributed by atoms with Gasteiger partial charge in [0.2, 0.25) is 0 Å². The number of rotatable bonds is 8. The molecule has 4 aromatic rings. The minimum Gasteiger partial charge on any atom is -0.480 e. The Morgan fingerprint density at radius 1 is 0.867 bits per heavy atom. The topological polar surface area (TPSA) is 78.0 Å². The second kappa shape index (κ2) is 8.76. The summed E-state index contributed by atoms with van der Waals surface area (Å²) in [6, 6.07) is 29.1.